The van der Waals surface area contributed by atoms with Gasteiger partial charge in [0.1, 0.15) is 4.88 Å². The summed E-state index contributed by atoms with van der Waals surface area (Å²) >= 11 is 12.9. The fourth-order valence-electron chi connectivity index (χ4n) is 2.30. The number of aromatic nitrogens is 4. The Kier molecular flexibility index (Phi) is 6.28. The topological polar surface area (TPSA) is 99.0 Å². The molecule has 0 radical (unpaired) electrons. The van der Waals surface area contributed by atoms with Gasteiger partial charge in [0.25, 0.3) is 5.91 Å². The van der Waals surface area contributed by atoms with Crippen molar-refractivity contribution < 1.29 is 14.3 Å². The largest absolute Gasteiger partial charge is 0.462 e. The zero-order chi connectivity index (χ0) is 20.3. The van der Waals surface area contributed by atoms with Gasteiger partial charge in [-0.05, 0) is 31.5 Å². The van der Waals surface area contributed by atoms with Crippen LogP contribution >= 0.6 is 34.5 Å². The minimum atomic E-state index is -0.482. The number of rotatable bonds is 6. The molecular weight excluding hydrogens is 425 g/mol. The van der Waals surface area contributed by atoms with Gasteiger partial charge in [-0.1, -0.05) is 45.8 Å². The maximum atomic E-state index is 12.4. The van der Waals surface area contributed by atoms with Crippen LogP contribution < -0.4 is 5.32 Å². The van der Waals surface area contributed by atoms with E-state index in [2.05, 4.69) is 20.6 Å². The third kappa shape index (κ3) is 4.67. The number of carbonyl (C=O) groups excluding carboxylic acids is 2. The number of benzene rings is 1. The molecule has 3 aromatic rings. The third-order valence-electron chi connectivity index (χ3n) is 3.58. The molecule has 0 aliphatic rings. The molecule has 1 amide bonds. The number of hydrogen-bond donors (Lipinski definition) is 1. The molecule has 2 heterocycles. The highest BCUT2D eigenvalue weighted by atomic mass is 35.5. The number of halogens is 2. The van der Waals surface area contributed by atoms with Crippen molar-refractivity contribution >= 4 is 51.5 Å². The summed E-state index contributed by atoms with van der Waals surface area (Å²) in [6.45, 7) is 4.03. The second-order valence-electron chi connectivity index (χ2n) is 5.66. The molecule has 0 atom stereocenters. The normalized spacial score (nSPS) is 10.7. The molecule has 0 spiro atoms. The van der Waals surface area contributed by atoms with Gasteiger partial charge < -0.3 is 4.74 Å². The SMILES string of the molecule is CCOC(=O)c1sc(NC(=O)c2cn(Cc3ccc(Cl)c(Cl)c3)nn2)nc1C. The van der Waals surface area contributed by atoms with E-state index < -0.39 is 11.9 Å². The Hall–Kier alpha value is -2.49. The Balaban J connectivity index is 1.68. The molecule has 0 aliphatic heterocycles. The summed E-state index contributed by atoms with van der Waals surface area (Å²) in [6.07, 6.45) is 1.50. The molecule has 3 rings (SSSR count). The van der Waals surface area contributed by atoms with Gasteiger partial charge in [0, 0.05) is 0 Å². The number of nitrogens with one attached hydrogen (secondary N) is 1. The molecule has 0 saturated carbocycles. The molecule has 1 aromatic carbocycles. The zero-order valence-corrected chi connectivity index (χ0v) is 17.2. The molecule has 0 aliphatic carbocycles. The summed E-state index contributed by atoms with van der Waals surface area (Å²) in [5.41, 5.74) is 1.47. The van der Waals surface area contributed by atoms with Crippen LogP contribution in [0.3, 0.4) is 0 Å². The lowest BCUT2D eigenvalue weighted by Crippen LogP contribution is -2.12. The molecule has 1 N–H and O–H groups in total. The molecule has 146 valence electrons. The van der Waals surface area contributed by atoms with E-state index in [1.807, 2.05) is 6.07 Å². The molecule has 0 bridgehead atoms. The van der Waals surface area contributed by atoms with E-state index in [1.54, 1.807) is 26.0 Å². The lowest BCUT2D eigenvalue weighted by atomic mass is 10.2. The molecule has 0 fully saturated rings. The summed E-state index contributed by atoms with van der Waals surface area (Å²) < 4.78 is 6.47. The first-order valence-electron chi connectivity index (χ1n) is 8.17. The predicted molar refractivity (Wildman–Crippen MR) is 106 cm³/mol. The van der Waals surface area contributed by atoms with Crippen LogP contribution in [0.4, 0.5) is 5.13 Å². The van der Waals surface area contributed by atoms with E-state index in [9.17, 15) is 9.59 Å². The van der Waals surface area contributed by atoms with Crippen molar-refractivity contribution in [3.05, 3.63) is 56.3 Å². The van der Waals surface area contributed by atoms with Crippen molar-refractivity contribution in [1.29, 1.82) is 0 Å². The van der Waals surface area contributed by atoms with Crippen LogP contribution in [0.25, 0.3) is 0 Å². The van der Waals surface area contributed by atoms with Crippen LogP contribution in [0, 0.1) is 6.92 Å². The first-order chi connectivity index (χ1) is 13.4. The molecule has 28 heavy (non-hydrogen) atoms. The molecule has 8 nitrogen and oxygen atoms in total. The summed E-state index contributed by atoms with van der Waals surface area (Å²) in [4.78, 5) is 28.8. The summed E-state index contributed by atoms with van der Waals surface area (Å²) in [5.74, 6) is -0.949. The van der Waals surface area contributed by atoms with Gasteiger partial charge in [-0.15, -0.1) is 5.10 Å². The average molecular weight is 440 g/mol. The first kappa shape index (κ1) is 20.2. The van der Waals surface area contributed by atoms with Gasteiger partial charge in [0.2, 0.25) is 0 Å². The van der Waals surface area contributed by atoms with E-state index in [-0.39, 0.29) is 17.4 Å². The number of hydrogen-bond acceptors (Lipinski definition) is 7. The number of ether oxygens (including phenoxy) is 1. The maximum absolute atomic E-state index is 12.4. The van der Waals surface area contributed by atoms with Crippen LogP contribution in [0.15, 0.2) is 24.4 Å². The quantitative estimate of drug-likeness (QED) is 0.585. The van der Waals surface area contributed by atoms with Crippen LogP contribution in [0.2, 0.25) is 10.0 Å². The lowest BCUT2D eigenvalue weighted by molar-refractivity contribution is 0.0531. The average Bonchev–Trinajstić information content (AvgIpc) is 3.25. The highest BCUT2D eigenvalue weighted by Crippen LogP contribution is 2.24. The molecule has 0 unspecified atom stereocenters. The van der Waals surface area contributed by atoms with Gasteiger partial charge in [-0.3, -0.25) is 10.1 Å². The Morgan fingerprint density at radius 1 is 1.29 bits per heavy atom. The first-order valence-corrected chi connectivity index (χ1v) is 9.74. The van der Waals surface area contributed by atoms with Crippen LogP contribution in [0.5, 0.6) is 0 Å². The minimum Gasteiger partial charge on any atom is -0.462 e. The smallest absolute Gasteiger partial charge is 0.350 e. The van der Waals surface area contributed by atoms with Crippen molar-refractivity contribution in [3.8, 4) is 0 Å². The van der Waals surface area contributed by atoms with Crippen LogP contribution in [0.1, 0.15) is 38.3 Å². The van der Waals surface area contributed by atoms with E-state index in [0.717, 1.165) is 16.9 Å². The number of esters is 1. The zero-order valence-electron chi connectivity index (χ0n) is 14.9. The number of aryl methyl sites for hydroxylation is 1. The molecular formula is C17H15Cl2N5O3S. The third-order valence-corrected chi connectivity index (χ3v) is 5.37. The van der Waals surface area contributed by atoms with Crippen molar-refractivity contribution in [3.63, 3.8) is 0 Å². The summed E-state index contributed by atoms with van der Waals surface area (Å²) in [5, 5.41) is 11.6. The van der Waals surface area contributed by atoms with E-state index >= 15 is 0 Å². The van der Waals surface area contributed by atoms with Crippen molar-refractivity contribution in [1.82, 2.24) is 20.0 Å². The van der Waals surface area contributed by atoms with Crippen LogP contribution in [-0.2, 0) is 11.3 Å². The van der Waals surface area contributed by atoms with Gasteiger partial charge in [-0.2, -0.15) is 0 Å². The number of carbonyl (C=O) groups is 2. The van der Waals surface area contributed by atoms with Crippen molar-refractivity contribution in [2.75, 3.05) is 11.9 Å². The Bertz CT molecular complexity index is 1030. The number of nitrogens with zero attached hydrogens (tertiary/aromatic N) is 4. The van der Waals surface area contributed by atoms with E-state index in [1.165, 1.54) is 10.9 Å². The van der Waals surface area contributed by atoms with Gasteiger partial charge in [0.15, 0.2) is 10.8 Å². The van der Waals surface area contributed by atoms with E-state index in [4.69, 9.17) is 27.9 Å². The predicted octanol–water partition coefficient (Wildman–Crippen LogP) is 3.83. The molecule has 11 heteroatoms. The maximum Gasteiger partial charge on any atom is 0.350 e. The standard InChI is InChI=1S/C17H15Cl2N5O3S/c1-3-27-16(26)14-9(2)20-17(28-14)21-15(25)13-8-24(23-22-13)7-10-4-5-11(18)12(19)6-10/h4-6,8H,3,7H2,1-2H3,(H,20,21,25). The molecule has 2 aromatic heterocycles. The fourth-order valence-corrected chi connectivity index (χ4v) is 3.48. The number of anilines is 1. The van der Waals surface area contributed by atoms with E-state index in [0.29, 0.717) is 27.2 Å². The Morgan fingerprint density at radius 2 is 2.07 bits per heavy atom. The van der Waals surface area contributed by atoms with Crippen LogP contribution in [-0.4, -0.2) is 38.5 Å². The Labute approximate surface area is 174 Å². The van der Waals surface area contributed by atoms with Crippen molar-refractivity contribution in [2.24, 2.45) is 0 Å². The number of thiazole rings is 1. The lowest BCUT2D eigenvalue weighted by Gasteiger charge is -2.02. The van der Waals surface area contributed by atoms with Crippen molar-refractivity contribution in [2.45, 2.75) is 20.4 Å². The summed E-state index contributed by atoms with van der Waals surface area (Å²) in [7, 11) is 0. The second-order valence-corrected chi connectivity index (χ2v) is 7.47. The highest BCUT2D eigenvalue weighted by molar-refractivity contribution is 7.17. The van der Waals surface area contributed by atoms with Gasteiger partial charge in [-0.25, -0.2) is 14.5 Å². The monoisotopic (exact) mass is 439 g/mol. The number of amides is 1. The highest BCUT2D eigenvalue weighted by Gasteiger charge is 2.19. The minimum absolute atomic E-state index is 0.116. The second kappa shape index (κ2) is 8.68. The van der Waals surface area contributed by atoms with Gasteiger partial charge >= 0.3 is 5.97 Å². The van der Waals surface area contributed by atoms with Gasteiger partial charge in [0.05, 0.1) is 35.1 Å². The summed E-state index contributed by atoms with van der Waals surface area (Å²) in [6, 6.07) is 5.22. The fraction of sp³-hybridized carbons (Fsp3) is 0.235. The molecule has 0 saturated heterocycles. The Morgan fingerprint density at radius 3 is 2.79 bits per heavy atom.